The van der Waals surface area contributed by atoms with E-state index in [4.69, 9.17) is 0 Å². The Morgan fingerprint density at radius 2 is 1.86 bits per heavy atom. The molecule has 2 nitrogen and oxygen atoms in total. The molecule has 0 spiro atoms. The molecule has 2 rings (SSSR count). The fourth-order valence-electron chi connectivity index (χ4n) is 1.39. The van der Waals surface area contributed by atoms with Crippen molar-refractivity contribution in [2.75, 3.05) is 0 Å². The first-order valence-electron chi connectivity index (χ1n) is 4.48. The molecule has 1 heterocycles. The number of aryl methyl sites for hydroxylation is 1. The Hall–Kier alpha value is -0.882. The van der Waals surface area contributed by atoms with Gasteiger partial charge >= 0.3 is 94.2 Å². The van der Waals surface area contributed by atoms with Crippen LogP contribution in [0.4, 0.5) is 0 Å². The van der Waals surface area contributed by atoms with Gasteiger partial charge in [-0.05, 0) is 0 Å². The van der Waals surface area contributed by atoms with Gasteiger partial charge in [-0.2, -0.15) is 0 Å². The van der Waals surface area contributed by atoms with E-state index in [0.717, 1.165) is 6.54 Å². The molecule has 0 unspecified atom stereocenters. The molecule has 2 aromatic rings. The molecule has 0 aliphatic carbocycles. The normalized spacial score (nSPS) is 10.5. The number of rotatable bonds is 2. The molecular weight excluding hydrogens is 355 g/mol. The first kappa shape index (κ1) is 9.66. The van der Waals surface area contributed by atoms with Crippen LogP contribution >= 0.6 is 0 Å². The van der Waals surface area contributed by atoms with Crippen molar-refractivity contribution in [3.8, 4) is 0 Å². The van der Waals surface area contributed by atoms with Crippen LogP contribution < -0.4 is 0 Å². The predicted octanol–water partition coefficient (Wildman–Crippen LogP) is 1.95. The zero-order valence-corrected chi connectivity index (χ0v) is 10.2. The van der Waals surface area contributed by atoms with Crippen molar-refractivity contribution in [1.29, 1.82) is 0 Å². The third-order valence-corrected chi connectivity index (χ3v) is 3.61. The Morgan fingerprint density at radius 3 is 2.43 bits per heavy atom. The molecule has 76 valence electrons. The van der Waals surface area contributed by atoms with Crippen molar-refractivity contribution in [2.45, 2.75) is 6.54 Å². The quantitative estimate of drug-likeness (QED) is 0.768. The summed E-state index contributed by atoms with van der Waals surface area (Å²) in [6.45, 7) is 0.945. The van der Waals surface area contributed by atoms with Crippen molar-refractivity contribution in [2.24, 2.45) is 7.05 Å². The van der Waals surface area contributed by atoms with Crippen molar-refractivity contribution >= 4 is 0 Å². The summed E-state index contributed by atoms with van der Waals surface area (Å²) in [6.07, 6.45) is 4.18. The van der Waals surface area contributed by atoms with E-state index in [2.05, 4.69) is 72.2 Å². The van der Waals surface area contributed by atoms with Crippen molar-refractivity contribution < 1.29 is 19.4 Å². The van der Waals surface area contributed by atoms with Gasteiger partial charge in [0, 0.05) is 0 Å². The monoisotopic (exact) mass is 367 g/mol. The van der Waals surface area contributed by atoms with E-state index in [1.165, 1.54) is 9.37 Å². The fourth-order valence-corrected chi connectivity index (χ4v) is 1.91. The molecule has 14 heavy (non-hydrogen) atoms. The van der Waals surface area contributed by atoms with Gasteiger partial charge in [0.05, 0.1) is 0 Å². The minimum absolute atomic E-state index is 0.945. The Labute approximate surface area is 94.2 Å². The summed E-state index contributed by atoms with van der Waals surface area (Å²) in [7, 11) is 2.06. The number of hydrogen-bond donors (Lipinski definition) is 0. The Balaban J connectivity index is 2.28. The van der Waals surface area contributed by atoms with Gasteiger partial charge in [0.1, 0.15) is 0 Å². The predicted molar refractivity (Wildman–Crippen MR) is 52.2 cm³/mol. The van der Waals surface area contributed by atoms with Gasteiger partial charge in [0.15, 0.2) is 0 Å². The van der Waals surface area contributed by atoms with Gasteiger partial charge in [0.2, 0.25) is 0 Å². The summed E-state index contributed by atoms with van der Waals surface area (Å²) < 4.78 is 5.59. The molecule has 0 atom stereocenters. The van der Waals surface area contributed by atoms with Crippen molar-refractivity contribution in [3.63, 3.8) is 0 Å². The average molecular weight is 367 g/mol. The Bertz CT molecular complexity index is 468. The van der Waals surface area contributed by atoms with Gasteiger partial charge in [0.25, 0.3) is 0 Å². The molecule has 0 saturated carbocycles. The van der Waals surface area contributed by atoms with Crippen LogP contribution in [0.25, 0.3) is 0 Å². The van der Waals surface area contributed by atoms with Gasteiger partial charge in [-0.3, -0.25) is 0 Å². The average Bonchev–Trinajstić information content (AvgIpc) is 2.52. The fraction of sp³-hybridized carbons (Fsp3) is 0.182. The molecule has 0 saturated heterocycles. The van der Waals surface area contributed by atoms with Crippen molar-refractivity contribution in [3.05, 3.63) is 52.1 Å². The molecule has 0 N–H and O–H groups in total. The third kappa shape index (κ3) is 1.96. The third-order valence-electron chi connectivity index (χ3n) is 2.15. The van der Waals surface area contributed by atoms with Crippen molar-refractivity contribution in [1.82, 2.24) is 9.13 Å². The molecule has 1 aromatic carbocycles. The summed E-state index contributed by atoms with van der Waals surface area (Å²) in [6, 6.07) is 10.5. The molecule has 0 radical (unpaired) electrons. The maximum atomic E-state index is 2.34. The van der Waals surface area contributed by atoms with E-state index >= 15 is 0 Å². The van der Waals surface area contributed by atoms with Crippen LogP contribution in [0.15, 0.2) is 42.7 Å². The summed E-state index contributed by atoms with van der Waals surface area (Å²) in [5, 5.41) is 0. The van der Waals surface area contributed by atoms with Crippen LogP contribution in [0.2, 0.25) is 0 Å². The van der Waals surface area contributed by atoms with Crippen LogP contribution in [-0.2, 0) is 32.9 Å². The number of benzene rings is 1. The first-order chi connectivity index (χ1) is 6.77. The molecule has 0 amide bonds. The van der Waals surface area contributed by atoms with E-state index < -0.39 is 0 Å². The molecule has 0 fully saturated rings. The minimum atomic E-state index is 0.945. The molecule has 3 heteroatoms. The SMILES string of the molecule is Cn1ccn(Cc2ccccc2)[c]1=[Pt]. The van der Waals surface area contributed by atoms with E-state index in [0.29, 0.717) is 0 Å². The zero-order valence-electron chi connectivity index (χ0n) is 7.96. The van der Waals surface area contributed by atoms with E-state index in [1.807, 2.05) is 6.07 Å². The molecule has 0 bridgehead atoms. The van der Waals surface area contributed by atoms with Gasteiger partial charge < -0.3 is 0 Å². The summed E-state index contributed by atoms with van der Waals surface area (Å²) in [5.41, 5.74) is 1.34. The van der Waals surface area contributed by atoms with Crippen LogP contribution in [0.5, 0.6) is 0 Å². The molecular formula is C11H12N2Pt. The number of hydrogen-bond acceptors (Lipinski definition) is 0. The van der Waals surface area contributed by atoms with E-state index in [-0.39, 0.29) is 0 Å². The van der Waals surface area contributed by atoms with Gasteiger partial charge in [-0.15, -0.1) is 0 Å². The molecule has 0 aliphatic heterocycles. The molecule has 1 aromatic heterocycles. The zero-order chi connectivity index (χ0) is 9.97. The summed E-state index contributed by atoms with van der Waals surface area (Å²) in [4.78, 5) is 0. The number of imidazole rings is 1. The second kappa shape index (κ2) is 4.10. The van der Waals surface area contributed by atoms with Gasteiger partial charge in [-0.25, -0.2) is 0 Å². The summed E-state index contributed by atoms with van der Waals surface area (Å²) in [5.74, 6) is 0. The first-order valence-corrected chi connectivity index (χ1v) is 5.62. The second-order valence-electron chi connectivity index (χ2n) is 3.26. The number of nitrogens with zero attached hydrogens (tertiary/aromatic N) is 2. The Kier molecular flexibility index (Phi) is 2.83. The van der Waals surface area contributed by atoms with E-state index in [1.54, 1.807) is 0 Å². The topological polar surface area (TPSA) is 9.86 Å². The summed E-state index contributed by atoms with van der Waals surface area (Å²) >= 11 is 2.34. The van der Waals surface area contributed by atoms with E-state index in [9.17, 15) is 0 Å². The molecule has 0 aliphatic rings. The van der Waals surface area contributed by atoms with Crippen LogP contribution in [0.1, 0.15) is 5.56 Å². The van der Waals surface area contributed by atoms with Gasteiger partial charge in [-0.1, -0.05) is 0 Å². The number of aromatic nitrogens is 2. The maximum absolute atomic E-state index is 2.34. The van der Waals surface area contributed by atoms with Crippen LogP contribution in [-0.4, -0.2) is 9.13 Å². The van der Waals surface area contributed by atoms with Crippen LogP contribution in [0.3, 0.4) is 0 Å². The standard InChI is InChI=1S/C11H12N2.Pt/c1-12-7-8-13(10-12)9-11-5-3-2-4-6-11;/h2-8H,9H2,1H3;. The van der Waals surface area contributed by atoms with Crippen LogP contribution in [0, 0.1) is 3.80 Å². The second-order valence-corrected chi connectivity index (χ2v) is 4.28. The Morgan fingerprint density at radius 1 is 1.14 bits per heavy atom.